The maximum Gasteiger partial charge on any atom is 0.339 e. The number of rotatable bonds is 6. The van der Waals surface area contributed by atoms with Crippen LogP contribution in [-0.2, 0) is 30.4 Å². The summed E-state index contributed by atoms with van der Waals surface area (Å²) in [5.41, 5.74) is 0.767. The highest BCUT2D eigenvalue weighted by atomic mass is 16.6. The third-order valence-electron chi connectivity index (χ3n) is 2.86. The molecule has 1 aromatic rings. The summed E-state index contributed by atoms with van der Waals surface area (Å²) < 4.78 is 15.2. The second-order valence-corrected chi connectivity index (χ2v) is 6.29. The highest BCUT2D eigenvalue weighted by molar-refractivity contribution is 5.96. The fourth-order valence-electron chi connectivity index (χ4n) is 1.88. The minimum atomic E-state index is -0.662. The zero-order valence-corrected chi connectivity index (χ0v) is 15.3. The largest absolute Gasteiger partial charge is 0.463 e. The van der Waals surface area contributed by atoms with Crippen LogP contribution in [0.15, 0.2) is 24.3 Å². The van der Waals surface area contributed by atoms with Gasteiger partial charge in [0, 0.05) is 13.0 Å². The van der Waals surface area contributed by atoms with Gasteiger partial charge >= 0.3 is 17.9 Å². The Kier molecular flexibility index (Phi) is 7.36. The standard InChI is InChI=1S/C19H24O6/c1-6-23-17(21)10-9-15-8-7-14(12-24-13(2)20)11-16(15)18(22)25-19(3,4)5/h7-11H,6,12H2,1-5H3. The van der Waals surface area contributed by atoms with E-state index in [0.717, 1.165) is 0 Å². The van der Waals surface area contributed by atoms with E-state index < -0.39 is 23.5 Å². The van der Waals surface area contributed by atoms with E-state index in [0.29, 0.717) is 11.1 Å². The van der Waals surface area contributed by atoms with Gasteiger partial charge in [-0.15, -0.1) is 0 Å². The molecule has 0 aromatic heterocycles. The molecule has 0 radical (unpaired) electrons. The molecule has 0 saturated heterocycles. The molecule has 6 heteroatoms. The van der Waals surface area contributed by atoms with Crippen molar-refractivity contribution in [3.63, 3.8) is 0 Å². The van der Waals surface area contributed by atoms with Gasteiger partial charge in [-0.2, -0.15) is 0 Å². The fourth-order valence-corrected chi connectivity index (χ4v) is 1.88. The summed E-state index contributed by atoms with van der Waals surface area (Å²) in [6.45, 7) is 8.63. The van der Waals surface area contributed by atoms with Crippen LogP contribution in [0.5, 0.6) is 0 Å². The summed E-state index contributed by atoms with van der Waals surface area (Å²) in [6, 6.07) is 4.96. The second kappa shape index (κ2) is 9.01. The number of hydrogen-bond donors (Lipinski definition) is 0. The van der Waals surface area contributed by atoms with Crippen molar-refractivity contribution in [2.24, 2.45) is 0 Å². The van der Waals surface area contributed by atoms with E-state index in [1.807, 2.05) is 0 Å². The minimum absolute atomic E-state index is 0.0486. The van der Waals surface area contributed by atoms with Gasteiger partial charge in [-0.05, 0) is 51.0 Å². The molecule has 0 unspecified atom stereocenters. The monoisotopic (exact) mass is 348 g/mol. The Morgan fingerprint density at radius 3 is 2.36 bits per heavy atom. The van der Waals surface area contributed by atoms with Crippen LogP contribution in [0.2, 0.25) is 0 Å². The number of carbonyl (C=O) groups excluding carboxylic acids is 3. The zero-order chi connectivity index (χ0) is 19.0. The lowest BCUT2D eigenvalue weighted by Crippen LogP contribution is -2.24. The van der Waals surface area contributed by atoms with Gasteiger partial charge in [0.1, 0.15) is 12.2 Å². The molecule has 0 aliphatic heterocycles. The fraction of sp³-hybridized carbons (Fsp3) is 0.421. The maximum atomic E-state index is 12.5. The third kappa shape index (κ3) is 7.65. The van der Waals surface area contributed by atoms with Crippen LogP contribution in [-0.4, -0.2) is 30.1 Å². The van der Waals surface area contributed by atoms with E-state index in [4.69, 9.17) is 14.2 Å². The quantitative estimate of drug-likeness (QED) is 0.446. The van der Waals surface area contributed by atoms with Gasteiger partial charge in [-0.3, -0.25) is 4.79 Å². The van der Waals surface area contributed by atoms with Crippen molar-refractivity contribution >= 4 is 24.0 Å². The van der Waals surface area contributed by atoms with Crippen molar-refractivity contribution in [1.29, 1.82) is 0 Å². The van der Waals surface area contributed by atoms with Crippen molar-refractivity contribution in [3.8, 4) is 0 Å². The molecule has 0 heterocycles. The van der Waals surface area contributed by atoms with Crippen molar-refractivity contribution < 1.29 is 28.6 Å². The molecule has 6 nitrogen and oxygen atoms in total. The number of hydrogen-bond acceptors (Lipinski definition) is 6. The molecule has 0 fully saturated rings. The van der Waals surface area contributed by atoms with Gasteiger partial charge in [0.05, 0.1) is 12.2 Å². The number of ether oxygens (including phenoxy) is 3. The van der Waals surface area contributed by atoms with Crippen LogP contribution in [0.3, 0.4) is 0 Å². The second-order valence-electron chi connectivity index (χ2n) is 6.29. The van der Waals surface area contributed by atoms with E-state index in [1.54, 1.807) is 45.9 Å². The molecule has 0 bridgehead atoms. The molecule has 1 aromatic carbocycles. The Hall–Kier alpha value is -2.63. The van der Waals surface area contributed by atoms with Crippen molar-refractivity contribution in [3.05, 3.63) is 41.0 Å². The predicted molar refractivity (Wildman–Crippen MR) is 92.7 cm³/mol. The molecule has 0 amide bonds. The summed E-state index contributed by atoms with van der Waals surface area (Å²) in [5.74, 6) is -1.44. The molecule has 0 spiro atoms. The first kappa shape index (κ1) is 20.4. The van der Waals surface area contributed by atoms with Crippen LogP contribution in [0, 0.1) is 0 Å². The molecular weight excluding hydrogens is 324 g/mol. The minimum Gasteiger partial charge on any atom is -0.463 e. The Morgan fingerprint density at radius 1 is 1.12 bits per heavy atom. The SMILES string of the molecule is CCOC(=O)C=Cc1ccc(COC(C)=O)cc1C(=O)OC(C)(C)C. The topological polar surface area (TPSA) is 78.9 Å². The smallest absolute Gasteiger partial charge is 0.339 e. The zero-order valence-electron chi connectivity index (χ0n) is 15.3. The summed E-state index contributed by atoms with van der Waals surface area (Å²) in [5, 5.41) is 0. The molecule has 0 saturated carbocycles. The van der Waals surface area contributed by atoms with Crippen LogP contribution < -0.4 is 0 Å². The van der Waals surface area contributed by atoms with Gasteiger partial charge < -0.3 is 14.2 Å². The average Bonchev–Trinajstić information content (AvgIpc) is 2.49. The third-order valence-corrected chi connectivity index (χ3v) is 2.86. The number of esters is 3. The predicted octanol–water partition coefficient (Wildman–Crippen LogP) is 3.28. The molecule has 136 valence electrons. The highest BCUT2D eigenvalue weighted by Gasteiger charge is 2.20. The summed E-state index contributed by atoms with van der Waals surface area (Å²) >= 11 is 0. The molecule has 0 atom stereocenters. The summed E-state index contributed by atoms with van der Waals surface area (Å²) in [4.78, 5) is 34.9. The lowest BCUT2D eigenvalue weighted by Gasteiger charge is -2.20. The van der Waals surface area contributed by atoms with E-state index in [2.05, 4.69) is 0 Å². The number of benzene rings is 1. The van der Waals surface area contributed by atoms with Crippen LogP contribution in [0.25, 0.3) is 6.08 Å². The lowest BCUT2D eigenvalue weighted by molar-refractivity contribution is -0.142. The first-order chi connectivity index (χ1) is 11.6. The first-order valence-corrected chi connectivity index (χ1v) is 7.97. The van der Waals surface area contributed by atoms with Crippen molar-refractivity contribution in [2.45, 2.75) is 46.8 Å². The Morgan fingerprint density at radius 2 is 1.80 bits per heavy atom. The number of carbonyl (C=O) groups is 3. The van der Waals surface area contributed by atoms with Gasteiger partial charge in [0.15, 0.2) is 0 Å². The van der Waals surface area contributed by atoms with E-state index in [-0.39, 0.29) is 18.8 Å². The highest BCUT2D eigenvalue weighted by Crippen LogP contribution is 2.19. The van der Waals surface area contributed by atoms with Crippen molar-refractivity contribution in [2.75, 3.05) is 6.61 Å². The van der Waals surface area contributed by atoms with Gasteiger partial charge in [-0.25, -0.2) is 9.59 Å². The Balaban J connectivity index is 3.14. The van der Waals surface area contributed by atoms with Crippen LogP contribution in [0.4, 0.5) is 0 Å². The summed E-state index contributed by atoms with van der Waals surface area (Å²) in [7, 11) is 0. The van der Waals surface area contributed by atoms with E-state index in [9.17, 15) is 14.4 Å². The van der Waals surface area contributed by atoms with E-state index in [1.165, 1.54) is 19.1 Å². The Labute approximate surface area is 147 Å². The normalized spacial score (nSPS) is 11.2. The average molecular weight is 348 g/mol. The van der Waals surface area contributed by atoms with E-state index >= 15 is 0 Å². The molecule has 0 aliphatic rings. The molecule has 25 heavy (non-hydrogen) atoms. The molecular formula is C19H24O6. The van der Waals surface area contributed by atoms with Gasteiger partial charge in [-0.1, -0.05) is 12.1 Å². The van der Waals surface area contributed by atoms with Crippen molar-refractivity contribution in [1.82, 2.24) is 0 Å². The Bertz CT molecular complexity index is 667. The first-order valence-electron chi connectivity index (χ1n) is 7.97. The molecule has 0 N–H and O–H groups in total. The lowest BCUT2D eigenvalue weighted by atomic mass is 10.0. The maximum absolute atomic E-state index is 12.5. The molecule has 0 aliphatic carbocycles. The van der Waals surface area contributed by atoms with Crippen LogP contribution in [0.1, 0.15) is 56.1 Å². The molecule has 1 rings (SSSR count). The summed E-state index contributed by atoms with van der Waals surface area (Å²) in [6.07, 6.45) is 2.74. The van der Waals surface area contributed by atoms with Gasteiger partial charge in [0.2, 0.25) is 0 Å². The van der Waals surface area contributed by atoms with Gasteiger partial charge in [0.25, 0.3) is 0 Å². The van der Waals surface area contributed by atoms with Crippen LogP contribution >= 0.6 is 0 Å².